The molecular formula is C20H23NO3. The van der Waals surface area contributed by atoms with E-state index in [2.05, 4.69) is 5.32 Å². The summed E-state index contributed by atoms with van der Waals surface area (Å²) in [6.07, 6.45) is 2.59. The molecule has 24 heavy (non-hydrogen) atoms. The second-order valence-corrected chi connectivity index (χ2v) is 5.31. The minimum absolute atomic E-state index is 0.0591. The standard InChI is InChI=1S/C20H23NO3/c1-4-17(12-15-8-6-5-7-9-15)20(22)21-14-16-10-11-18(23-2)19(13-16)24-3/h5-13H,4,14H2,1-3H3,(H,21,22)/b17-12+. The molecule has 0 radical (unpaired) electrons. The van der Waals surface area contributed by atoms with Crippen LogP contribution < -0.4 is 14.8 Å². The summed E-state index contributed by atoms with van der Waals surface area (Å²) in [5, 5.41) is 2.96. The van der Waals surface area contributed by atoms with E-state index in [0.29, 0.717) is 24.5 Å². The van der Waals surface area contributed by atoms with Gasteiger partial charge in [0.2, 0.25) is 5.91 Å². The molecule has 126 valence electrons. The zero-order chi connectivity index (χ0) is 17.4. The minimum Gasteiger partial charge on any atom is -0.493 e. The fourth-order valence-electron chi connectivity index (χ4n) is 2.37. The Morgan fingerprint density at radius 1 is 1.04 bits per heavy atom. The smallest absolute Gasteiger partial charge is 0.247 e. The van der Waals surface area contributed by atoms with Gasteiger partial charge in [0.25, 0.3) is 0 Å². The Bertz CT molecular complexity index is 708. The molecule has 0 saturated heterocycles. The van der Waals surface area contributed by atoms with E-state index in [9.17, 15) is 4.79 Å². The topological polar surface area (TPSA) is 47.6 Å². The SMILES string of the molecule is CC/C(=C\c1ccccc1)C(=O)NCc1ccc(OC)c(OC)c1. The second kappa shape index (κ2) is 8.77. The third-order valence-corrected chi connectivity index (χ3v) is 3.71. The van der Waals surface area contributed by atoms with Gasteiger partial charge in [-0.1, -0.05) is 43.3 Å². The van der Waals surface area contributed by atoms with Gasteiger partial charge in [-0.25, -0.2) is 0 Å². The van der Waals surface area contributed by atoms with Crippen LogP contribution in [0.3, 0.4) is 0 Å². The Kier molecular flexibility index (Phi) is 6.43. The van der Waals surface area contributed by atoms with E-state index in [-0.39, 0.29) is 5.91 Å². The van der Waals surface area contributed by atoms with Crippen LogP contribution in [0.5, 0.6) is 11.5 Å². The molecule has 0 aliphatic rings. The Morgan fingerprint density at radius 3 is 2.38 bits per heavy atom. The fraction of sp³-hybridized carbons (Fsp3) is 0.250. The summed E-state index contributed by atoms with van der Waals surface area (Å²) in [5.74, 6) is 1.27. The highest BCUT2D eigenvalue weighted by Crippen LogP contribution is 2.27. The van der Waals surface area contributed by atoms with Gasteiger partial charge in [-0.2, -0.15) is 0 Å². The van der Waals surface area contributed by atoms with Crippen molar-refractivity contribution in [2.24, 2.45) is 0 Å². The van der Waals surface area contributed by atoms with Gasteiger partial charge in [0, 0.05) is 12.1 Å². The zero-order valence-corrected chi connectivity index (χ0v) is 14.3. The number of ether oxygens (including phenoxy) is 2. The number of methoxy groups -OCH3 is 2. The Hall–Kier alpha value is -2.75. The van der Waals surface area contributed by atoms with Crippen LogP contribution in [0.4, 0.5) is 0 Å². The van der Waals surface area contributed by atoms with E-state index < -0.39 is 0 Å². The van der Waals surface area contributed by atoms with Crippen LogP contribution in [0.15, 0.2) is 54.1 Å². The predicted octanol–water partition coefficient (Wildman–Crippen LogP) is 3.81. The second-order valence-electron chi connectivity index (χ2n) is 5.31. The van der Waals surface area contributed by atoms with E-state index in [4.69, 9.17) is 9.47 Å². The van der Waals surface area contributed by atoms with Crippen LogP contribution in [0.2, 0.25) is 0 Å². The summed E-state index contributed by atoms with van der Waals surface area (Å²) >= 11 is 0. The zero-order valence-electron chi connectivity index (χ0n) is 14.3. The Balaban J connectivity index is 2.05. The molecular weight excluding hydrogens is 302 g/mol. The lowest BCUT2D eigenvalue weighted by Crippen LogP contribution is -2.24. The number of hydrogen-bond acceptors (Lipinski definition) is 3. The molecule has 2 aromatic rings. The number of carbonyl (C=O) groups excluding carboxylic acids is 1. The number of amides is 1. The summed E-state index contributed by atoms with van der Waals surface area (Å²) in [5.41, 5.74) is 2.73. The van der Waals surface area contributed by atoms with E-state index in [0.717, 1.165) is 16.7 Å². The summed E-state index contributed by atoms with van der Waals surface area (Å²) < 4.78 is 10.5. The van der Waals surface area contributed by atoms with Crippen LogP contribution >= 0.6 is 0 Å². The van der Waals surface area contributed by atoms with Crippen LogP contribution in [0.25, 0.3) is 6.08 Å². The molecule has 0 saturated carbocycles. The fourth-order valence-corrected chi connectivity index (χ4v) is 2.37. The molecule has 4 nitrogen and oxygen atoms in total. The molecule has 0 spiro atoms. The highest BCUT2D eigenvalue weighted by Gasteiger charge is 2.09. The van der Waals surface area contributed by atoms with Crippen molar-refractivity contribution in [2.75, 3.05) is 14.2 Å². The van der Waals surface area contributed by atoms with Crippen molar-refractivity contribution in [1.29, 1.82) is 0 Å². The van der Waals surface area contributed by atoms with Crippen LogP contribution in [0, 0.1) is 0 Å². The van der Waals surface area contributed by atoms with Gasteiger partial charge in [-0.15, -0.1) is 0 Å². The number of carbonyl (C=O) groups is 1. The van der Waals surface area contributed by atoms with E-state index in [1.54, 1.807) is 14.2 Å². The molecule has 2 rings (SSSR count). The molecule has 1 amide bonds. The van der Waals surface area contributed by atoms with Gasteiger partial charge in [0.15, 0.2) is 11.5 Å². The lowest BCUT2D eigenvalue weighted by molar-refractivity contribution is -0.117. The number of benzene rings is 2. The first-order valence-corrected chi connectivity index (χ1v) is 7.92. The van der Waals surface area contributed by atoms with Gasteiger partial charge in [0.1, 0.15) is 0 Å². The van der Waals surface area contributed by atoms with Crippen molar-refractivity contribution in [3.63, 3.8) is 0 Å². The molecule has 0 aromatic heterocycles. The van der Waals surface area contributed by atoms with Crippen LogP contribution in [-0.2, 0) is 11.3 Å². The maximum Gasteiger partial charge on any atom is 0.247 e. The van der Waals surface area contributed by atoms with Gasteiger partial charge < -0.3 is 14.8 Å². The Morgan fingerprint density at radius 2 is 1.75 bits per heavy atom. The van der Waals surface area contributed by atoms with E-state index in [1.807, 2.05) is 61.5 Å². The van der Waals surface area contributed by atoms with Crippen molar-refractivity contribution >= 4 is 12.0 Å². The summed E-state index contributed by atoms with van der Waals surface area (Å²) in [6.45, 7) is 2.41. The summed E-state index contributed by atoms with van der Waals surface area (Å²) in [4.78, 5) is 12.4. The first-order valence-electron chi connectivity index (χ1n) is 7.92. The van der Waals surface area contributed by atoms with Crippen LogP contribution in [0.1, 0.15) is 24.5 Å². The molecule has 1 N–H and O–H groups in total. The first kappa shape index (κ1) is 17.6. The molecule has 0 heterocycles. The highest BCUT2D eigenvalue weighted by molar-refractivity contribution is 5.97. The summed E-state index contributed by atoms with van der Waals surface area (Å²) in [7, 11) is 3.19. The van der Waals surface area contributed by atoms with Crippen molar-refractivity contribution in [2.45, 2.75) is 19.9 Å². The van der Waals surface area contributed by atoms with Gasteiger partial charge >= 0.3 is 0 Å². The normalized spacial score (nSPS) is 11.0. The average molecular weight is 325 g/mol. The first-order chi connectivity index (χ1) is 11.7. The lowest BCUT2D eigenvalue weighted by Gasteiger charge is -2.11. The molecule has 0 aliphatic heterocycles. The molecule has 0 unspecified atom stereocenters. The van der Waals surface area contributed by atoms with Crippen molar-refractivity contribution in [3.05, 3.63) is 65.2 Å². The van der Waals surface area contributed by atoms with Crippen molar-refractivity contribution < 1.29 is 14.3 Å². The number of hydrogen-bond donors (Lipinski definition) is 1. The lowest BCUT2D eigenvalue weighted by atomic mass is 10.1. The minimum atomic E-state index is -0.0591. The monoisotopic (exact) mass is 325 g/mol. The van der Waals surface area contributed by atoms with Crippen molar-refractivity contribution in [3.8, 4) is 11.5 Å². The number of nitrogens with one attached hydrogen (secondary N) is 1. The molecule has 2 aromatic carbocycles. The van der Waals surface area contributed by atoms with Crippen molar-refractivity contribution in [1.82, 2.24) is 5.32 Å². The highest BCUT2D eigenvalue weighted by atomic mass is 16.5. The van der Waals surface area contributed by atoms with E-state index >= 15 is 0 Å². The van der Waals surface area contributed by atoms with Gasteiger partial charge in [-0.3, -0.25) is 4.79 Å². The maximum atomic E-state index is 12.4. The maximum absolute atomic E-state index is 12.4. The Labute approximate surface area is 143 Å². The van der Waals surface area contributed by atoms with Crippen LogP contribution in [-0.4, -0.2) is 20.1 Å². The quantitative estimate of drug-likeness (QED) is 0.787. The molecule has 4 heteroatoms. The third kappa shape index (κ3) is 4.62. The van der Waals surface area contributed by atoms with Gasteiger partial charge in [-0.05, 0) is 35.8 Å². The van der Waals surface area contributed by atoms with Gasteiger partial charge in [0.05, 0.1) is 14.2 Å². The third-order valence-electron chi connectivity index (χ3n) is 3.71. The molecule has 0 atom stereocenters. The predicted molar refractivity (Wildman–Crippen MR) is 96.1 cm³/mol. The van der Waals surface area contributed by atoms with E-state index in [1.165, 1.54) is 0 Å². The molecule has 0 fully saturated rings. The molecule has 0 bridgehead atoms. The largest absolute Gasteiger partial charge is 0.493 e. The number of rotatable bonds is 7. The average Bonchev–Trinajstić information content (AvgIpc) is 2.64. The summed E-state index contributed by atoms with van der Waals surface area (Å²) in [6, 6.07) is 15.5. The molecule has 0 aliphatic carbocycles.